The zero-order valence-electron chi connectivity index (χ0n) is 12.9. The van der Waals surface area contributed by atoms with Crippen molar-refractivity contribution < 1.29 is 0 Å². The van der Waals surface area contributed by atoms with Crippen LogP contribution in [0.15, 0.2) is 48.8 Å². The van der Waals surface area contributed by atoms with Gasteiger partial charge in [0.05, 0.1) is 0 Å². The van der Waals surface area contributed by atoms with E-state index < -0.39 is 0 Å². The van der Waals surface area contributed by atoms with Crippen molar-refractivity contribution in [3.8, 4) is 0 Å². The molecule has 2 nitrogen and oxygen atoms in total. The summed E-state index contributed by atoms with van der Waals surface area (Å²) in [6.07, 6.45) is 3.71. The number of benzene rings is 1. The summed E-state index contributed by atoms with van der Waals surface area (Å²) in [5, 5.41) is 3.53. The molecule has 0 spiro atoms. The molecule has 1 heterocycles. The van der Waals surface area contributed by atoms with Gasteiger partial charge in [0.15, 0.2) is 0 Å². The molecular formula is C18H24N2. The van der Waals surface area contributed by atoms with E-state index in [0.29, 0.717) is 6.04 Å². The van der Waals surface area contributed by atoms with E-state index in [1.165, 1.54) is 16.7 Å². The minimum Gasteiger partial charge on any atom is -0.306 e. The highest BCUT2D eigenvalue weighted by atomic mass is 14.9. The molecule has 1 atom stereocenters. The second kappa shape index (κ2) is 6.19. The fraction of sp³-hybridized carbons (Fsp3) is 0.389. The Hall–Kier alpha value is -1.67. The predicted molar refractivity (Wildman–Crippen MR) is 84.6 cm³/mol. The molecule has 0 bridgehead atoms. The van der Waals surface area contributed by atoms with Crippen molar-refractivity contribution in [2.75, 3.05) is 0 Å². The summed E-state index contributed by atoms with van der Waals surface area (Å²) < 4.78 is 0. The van der Waals surface area contributed by atoms with Gasteiger partial charge in [-0.05, 0) is 35.1 Å². The molecule has 20 heavy (non-hydrogen) atoms. The third kappa shape index (κ3) is 3.91. The number of hydrogen-bond acceptors (Lipinski definition) is 2. The number of nitrogens with one attached hydrogen (secondary N) is 1. The van der Waals surface area contributed by atoms with Gasteiger partial charge in [0, 0.05) is 25.0 Å². The first-order chi connectivity index (χ1) is 9.47. The molecule has 2 rings (SSSR count). The second-order valence-corrected chi connectivity index (χ2v) is 6.34. The Kier molecular flexibility index (Phi) is 4.56. The Labute approximate surface area is 122 Å². The first-order valence-corrected chi connectivity index (χ1v) is 7.19. The van der Waals surface area contributed by atoms with Crippen molar-refractivity contribution in [2.45, 2.75) is 45.7 Å². The maximum Gasteiger partial charge on any atom is 0.0312 e. The van der Waals surface area contributed by atoms with E-state index in [0.717, 1.165) is 6.54 Å². The summed E-state index contributed by atoms with van der Waals surface area (Å²) in [5.74, 6) is 0. The number of aromatic nitrogens is 1. The summed E-state index contributed by atoms with van der Waals surface area (Å²) in [5.41, 5.74) is 4.12. The van der Waals surface area contributed by atoms with Crippen molar-refractivity contribution in [1.29, 1.82) is 0 Å². The van der Waals surface area contributed by atoms with Crippen LogP contribution in [0.3, 0.4) is 0 Å². The van der Waals surface area contributed by atoms with Crippen LogP contribution >= 0.6 is 0 Å². The van der Waals surface area contributed by atoms with Gasteiger partial charge >= 0.3 is 0 Å². The standard InChI is InChI=1S/C18H24N2/c1-14(20-13-15-6-5-11-19-12-15)16-7-9-17(10-8-16)18(2,3)4/h5-12,14,20H,13H2,1-4H3. The number of hydrogen-bond donors (Lipinski definition) is 1. The predicted octanol–water partition coefficient (Wildman–Crippen LogP) is 4.23. The zero-order chi connectivity index (χ0) is 14.6. The maximum absolute atomic E-state index is 4.13. The van der Waals surface area contributed by atoms with Crippen LogP contribution < -0.4 is 5.32 Å². The summed E-state index contributed by atoms with van der Waals surface area (Å²) in [6.45, 7) is 9.77. The molecule has 0 saturated carbocycles. The van der Waals surface area contributed by atoms with E-state index in [9.17, 15) is 0 Å². The monoisotopic (exact) mass is 268 g/mol. The van der Waals surface area contributed by atoms with Crippen LogP contribution in [0.5, 0.6) is 0 Å². The van der Waals surface area contributed by atoms with E-state index in [1.54, 1.807) is 6.20 Å². The van der Waals surface area contributed by atoms with Crippen LogP contribution in [0.1, 0.15) is 50.4 Å². The van der Waals surface area contributed by atoms with E-state index in [4.69, 9.17) is 0 Å². The molecule has 2 aromatic rings. The largest absolute Gasteiger partial charge is 0.306 e. The van der Waals surface area contributed by atoms with Crippen LogP contribution in [0.25, 0.3) is 0 Å². The lowest BCUT2D eigenvalue weighted by Crippen LogP contribution is -2.18. The van der Waals surface area contributed by atoms with Gasteiger partial charge in [0.2, 0.25) is 0 Å². The molecule has 0 saturated heterocycles. The minimum atomic E-state index is 0.213. The minimum absolute atomic E-state index is 0.213. The van der Waals surface area contributed by atoms with Crippen molar-refractivity contribution in [1.82, 2.24) is 10.3 Å². The third-order valence-corrected chi connectivity index (χ3v) is 3.61. The Bertz CT molecular complexity index is 524. The fourth-order valence-corrected chi connectivity index (χ4v) is 2.16. The number of rotatable bonds is 4. The lowest BCUT2D eigenvalue weighted by Gasteiger charge is -2.20. The molecule has 0 amide bonds. The highest BCUT2D eigenvalue weighted by Gasteiger charge is 2.13. The normalized spacial score (nSPS) is 13.2. The quantitative estimate of drug-likeness (QED) is 0.897. The molecule has 0 aliphatic heterocycles. The van der Waals surface area contributed by atoms with E-state index in [2.05, 4.69) is 68.3 Å². The van der Waals surface area contributed by atoms with Gasteiger partial charge < -0.3 is 5.32 Å². The van der Waals surface area contributed by atoms with Gasteiger partial charge in [-0.15, -0.1) is 0 Å². The summed E-state index contributed by atoms with van der Waals surface area (Å²) >= 11 is 0. The van der Waals surface area contributed by atoms with Crippen LogP contribution in [0, 0.1) is 0 Å². The molecule has 0 fully saturated rings. The van der Waals surface area contributed by atoms with Crippen LogP contribution in [-0.4, -0.2) is 4.98 Å². The maximum atomic E-state index is 4.13. The van der Waals surface area contributed by atoms with Crippen molar-refractivity contribution in [3.05, 3.63) is 65.5 Å². The average Bonchev–Trinajstić information content (AvgIpc) is 2.45. The lowest BCUT2D eigenvalue weighted by atomic mass is 9.86. The van der Waals surface area contributed by atoms with Gasteiger partial charge in [-0.3, -0.25) is 4.98 Å². The molecule has 1 aromatic heterocycles. The lowest BCUT2D eigenvalue weighted by molar-refractivity contribution is 0.569. The highest BCUT2D eigenvalue weighted by molar-refractivity contribution is 5.29. The molecule has 0 aliphatic rings. The molecule has 1 unspecified atom stereocenters. The third-order valence-electron chi connectivity index (χ3n) is 3.61. The van der Waals surface area contributed by atoms with Gasteiger partial charge in [0.1, 0.15) is 0 Å². The van der Waals surface area contributed by atoms with Gasteiger partial charge in [-0.2, -0.15) is 0 Å². The van der Waals surface area contributed by atoms with Crippen LogP contribution in [-0.2, 0) is 12.0 Å². The molecule has 0 aliphatic carbocycles. The van der Waals surface area contributed by atoms with Gasteiger partial charge in [0.25, 0.3) is 0 Å². The van der Waals surface area contributed by atoms with Gasteiger partial charge in [-0.1, -0.05) is 51.1 Å². The molecule has 2 heteroatoms. The second-order valence-electron chi connectivity index (χ2n) is 6.34. The first kappa shape index (κ1) is 14.7. The Morgan fingerprint density at radius 3 is 2.35 bits per heavy atom. The number of nitrogens with zero attached hydrogens (tertiary/aromatic N) is 1. The van der Waals surface area contributed by atoms with Gasteiger partial charge in [-0.25, -0.2) is 0 Å². The Morgan fingerprint density at radius 1 is 1.10 bits per heavy atom. The zero-order valence-corrected chi connectivity index (χ0v) is 12.9. The molecular weight excluding hydrogens is 244 g/mol. The van der Waals surface area contributed by atoms with E-state index in [1.807, 2.05) is 12.3 Å². The Balaban J connectivity index is 1.97. The van der Waals surface area contributed by atoms with E-state index >= 15 is 0 Å². The summed E-state index contributed by atoms with van der Waals surface area (Å²) in [7, 11) is 0. The van der Waals surface area contributed by atoms with Crippen molar-refractivity contribution in [2.24, 2.45) is 0 Å². The van der Waals surface area contributed by atoms with E-state index in [-0.39, 0.29) is 5.41 Å². The fourth-order valence-electron chi connectivity index (χ4n) is 2.16. The average molecular weight is 268 g/mol. The molecule has 0 radical (unpaired) electrons. The molecule has 1 N–H and O–H groups in total. The highest BCUT2D eigenvalue weighted by Crippen LogP contribution is 2.23. The van der Waals surface area contributed by atoms with Crippen LogP contribution in [0.2, 0.25) is 0 Å². The number of pyridine rings is 1. The van der Waals surface area contributed by atoms with Crippen LogP contribution in [0.4, 0.5) is 0 Å². The van der Waals surface area contributed by atoms with Crippen molar-refractivity contribution in [3.63, 3.8) is 0 Å². The molecule has 106 valence electrons. The SMILES string of the molecule is CC(NCc1cccnc1)c1ccc(C(C)(C)C)cc1. The van der Waals surface area contributed by atoms with Crippen molar-refractivity contribution >= 4 is 0 Å². The smallest absolute Gasteiger partial charge is 0.0312 e. The topological polar surface area (TPSA) is 24.9 Å². The first-order valence-electron chi connectivity index (χ1n) is 7.19. The Morgan fingerprint density at radius 2 is 1.80 bits per heavy atom. The molecule has 1 aromatic carbocycles. The summed E-state index contributed by atoms with van der Waals surface area (Å²) in [6, 6.07) is 13.3. The summed E-state index contributed by atoms with van der Waals surface area (Å²) in [4.78, 5) is 4.13.